The SMILES string of the molecule is CSCCCNC(=O)c1cccc(Br)c1C. The van der Waals surface area contributed by atoms with E-state index in [9.17, 15) is 4.79 Å². The lowest BCUT2D eigenvalue weighted by Crippen LogP contribution is -2.25. The number of rotatable bonds is 5. The van der Waals surface area contributed by atoms with E-state index in [2.05, 4.69) is 27.5 Å². The van der Waals surface area contributed by atoms with Crippen molar-refractivity contribution in [3.8, 4) is 0 Å². The van der Waals surface area contributed by atoms with E-state index in [0.717, 1.165) is 34.3 Å². The van der Waals surface area contributed by atoms with E-state index in [4.69, 9.17) is 0 Å². The lowest BCUT2D eigenvalue weighted by atomic mass is 10.1. The maximum atomic E-state index is 11.8. The fourth-order valence-electron chi connectivity index (χ4n) is 1.37. The van der Waals surface area contributed by atoms with E-state index in [1.54, 1.807) is 11.8 Å². The molecule has 0 aromatic heterocycles. The van der Waals surface area contributed by atoms with E-state index >= 15 is 0 Å². The first-order chi connectivity index (χ1) is 7.66. The zero-order valence-electron chi connectivity index (χ0n) is 9.55. The maximum absolute atomic E-state index is 11.8. The van der Waals surface area contributed by atoms with Crippen LogP contribution in [0.5, 0.6) is 0 Å². The quantitative estimate of drug-likeness (QED) is 0.846. The Morgan fingerprint density at radius 3 is 2.94 bits per heavy atom. The number of carbonyl (C=O) groups excluding carboxylic acids is 1. The molecule has 0 atom stereocenters. The molecule has 0 saturated carbocycles. The van der Waals surface area contributed by atoms with Gasteiger partial charge in [-0.15, -0.1) is 0 Å². The first-order valence-electron chi connectivity index (χ1n) is 5.19. The van der Waals surface area contributed by atoms with Gasteiger partial charge in [0.15, 0.2) is 0 Å². The van der Waals surface area contributed by atoms with Crippen molar-refractivity contribution >= 4 is 33.6 Å². The van der Waals surface area contributed by atoms with Crippen LogP contribution < -0.4 is 5.32 Å². The van der Waals surface area contributed by atoms with Crippen LogP contribution in [0.25, 0.3) is 0 Å². The Morgan fingerprint density at radius 2 is 2.25 bits per heavy atom. The summed E-state index contributed by atoms with van der Waals surface area (Å²) < 4.78 is 0.976. The van der Waals surface area contributed by atoms with Crippen LogP contribution in [0.1, 0.15) is 22.3 Å². The van der Waals surface area contributed by atoms with Gasteiger partial charge in [-0.05, 0) is 43.0 Å². The molecule has 0 aliphatic heterocycles. The summed E-state index contributed by atoms with van der Waals surface area (Å²) in [5, 5.41) is 2.93. The topological polar surface area (TPSA) is 29.1 Å². The summed E-state index contributed by atoms with van der Waals surface area (Å²) in [7, 11) is 0. The predicted octanol–water partition coefficient (Wildman–Crippen LogP) is 3.24. The van der Waals surface area contributed by atoms with E-state index in [0.29, 0.717) is 0 Å². The molecule has 16 heavy (non-hydrogen) atoms. The molecule has 1 rings (SSSR count). The highest BCUT2D eigenvalue weighted by molar-refractivity contribution is 9.10. The molecule has 88 valence electrons. The molecule has 1 aromatic rings. The van der Waals surface area contributed by atoms with E-state index in [1.807, 2.05) is 25.1 Å². The smallest absolute Gasteiger partial charge is 0.251 e. The van der Waals surface area contributed by atoms with Crippen molar-refractivity contribution in [3.05, 3.63) is 33.8 Å². The highest BCUT2D eigenvalue weighted by Crippen LogP contribution is 2.19. The number of hydrogen-bond donors (Lipinski definition) is 1. The van der Waals surface area contributed by atoms with Crippen LogP contribution >= 0.6 is 27.7 Å². The van der Waals surface area contributed by atoms with Crippen molar-refractivity contribution in [1.29, 1.82) is 0 Å². The van der Waals surface area contributed by atoms with Gasteiger partial charge in [0, 0.05) is 16.6 Å². The lowest BCUT2D eigenvalue weighted by Gasteiger charge is -2.08. The van der Waals surface area contributed by atoms with Crippen molar-refractivity contribution in [2.75, 3.05) is 18.6 Å². The minimum atomic E-state index is 0.0138. The van der Waals surface area contributed by atoms with Gasteiger partial charge >= 0.3 is 0 Å². The average Bonchev–Trinajstić information content (AvgIpc) is 2.28. The van der Waals surface area contributed by atoms with Crippen LogP contribution in [0.4, 0.5) is 0 Å². The van der Waals surface area contributed by atoms with Gasteiger partial charge in [-0.25, -0.2) is 0 Å². The van der Waals surface area contributed by atoms with Gasteiger partial charge in [0.05, 0.1) is 0 Å². The maximum Gasteiger partial charge on any atom is 0.251 e. The average molecular weight is 302 g/mol. The molecule has 2 nitrogen and oxygen atoms in total. The Hall–Kier alpha value is -0.480. The molecule has 0 heterocycles. The Labute approximate surface area is 109 Å². The normalized spacial score (nSPS) is 10.2. The van der Waals surface area contributed by atoms with Gasteiger partial charge in [0.1, 0.15) is 0 Å². The molecule has 0 saturated heterocycles. The summed E-state index contributed by atoms with van der Waals surface area (Å²) in [5.74, 6) is 1.09. The summed E-state index contributed by atoms with van der Waals surface area (Å²) in [4.78, 5) is 11.8. The molecule has 0 bridgehead atoms. The third-order valence-electron chi connectivity index (χ3n) is 2.32. The van der Waals surface area contributed by atoms with Crippen molar-refractivity contribution in [2.24, 2.45) is 0 Å². The van der Waals surface area contributed by atoms with Crippen molar-refractivity contribution in [3.63, 3.8) is 0 Å². The van der Waals surface area contributed by atoms with Crippen LogP contribution in [0.3, 0.4) is 0 Å². The van der Waals surface area contributed by atoms with E-state index in [1.165, 1.54) is 0 Å². The van der Waals surface area contributed by atoms with Gasteiger partial charge in [-0.2, -0.15) is 11.8 Å². The molecule has 0 aliphatic rings. The molecular formula is C12H16BrNOS. The highest BCUT2D eigenvalue weighted by atomic mass is 79.9. The summed E-state index contributed by atoms with van der Waals surface area (Å²) in [6.07, 6.45) is 3.08. The minimum Gasteiger partial charge on any atom is -0.352 e. The molecule has 0 fully saturated rings. The molecule has 1 amide bonds. The first kappa shape index (κ1) is 13.6. The van der Waals surface area contributed by atoms with Crippen LogP contribution in [0.15, 0.2) is 22.7 Å². The summed E-state index contributed by atoms with van der Waals surface area (Å²) in [6, 6.07) is 5.68. The third kappa shape index (κ3) is 3.83. The predicted molar refractivity (Wildman–Crippen MR) is 74.2 cm³/mol. The highest BCUT2D eigenvalue weighted by Gasteiger charge is 2.09. The van der Waals surface area contributed by atoms with E-state index in [-0.39, 0.29) is 5.91 Å². The van der Waals surface area contributed by atoms with Gasteiger partial charge in [0.2, 0.25) is 0 Å². The zero-order chi connectivity index (χ0) is 12.0. The number of amides is 1. The number of carbonyl (C=O) groups is 1. The van der Waals surface area contributed by atoms with Crippen LogP contribution in [-0.2, 0) is 0 Å². The first-order valence-corrected chi connectivity index (χ1v) is 7.37. The summed E-state index contributed by atoms with van der Waals surface area (Å²) >= 11 is 5.22. The fraction of sp³-hybridized carbons (Fsp3) is 0.417. The number of benzene rings is 1. The lowest BCUT2D eigenvalue weighted by molar-refractivity contribution is 0.0953. The molecule has 4 heteroatoms. The zero-order valence-corrected chi connectivity index (χ0v) is 12.0. The summed E-state index contributed by atoms with van der Waals surface area (Å²) in [6.45, 7) is 2.69. The standard InChI is InChI=1S/C12H16BrNOS/c1-9-10(5-3-6-11(9)13)12(15)14-7-4-8-16-2/h3,5-6H,4,7-8H2,1-2H3,(H,14,15). The Kier molecular flexibility index (Phi) is 5.91. The molecule has 1 N–H and O–H groups in total. The van der Waals surface area contributed by atoms with Crippen molar-refractivity contribution in [1.82, 2.24) is 5.32 Å². The van der Waals surface area contributed by atoms with Gasteiger partial charge < -0.3 is 5.32 Å². The second kappa shape index (κ2) is 6.97. The number of halogens is 1. The molecule has 0 unspecified atom stereocenters. The van der Waals surface area contributed by atoms with Crippen LogP contribution in [-0.4, -0.2) is 24.5 Å². The van der Waals surface area contributed by atoms with Crippen LogP contribution in [0, 0.1) is 6.92 Å². The Balaban J connectivity index is 2.56. The monoisotopic (exact) mass is 301 g/mol. The van der Waals surface area contributed by atoms with Crippen LogP contribution in [0.2, 0.25) is 0 Å². The Morgan fingerprint density at radius 1 is 1.50 bits per heavy atom. The number of nitrogens with one attached hydrogen (secondary N) is 1. The third-order valence-corrected chi connectivity index (χ3v) is 3.88. The second-order valence-corrected chi connectivity index (χ2v) is 5.35. The van der Waals surface area contributed by atoms with E-state index < -0.39 is 0 Å². The number of hydrogen-bond acceptors (Lipinski definition) is 2. The fourth-order valence-corrected chi connectivity index (χ4v) is 2.17. The molecule has 0 spiro atoms. The van der Waals surface area contributed by atoms with Gasteiger partial charge in [0.25, 0.3) is 5.91 Å². The summed E-state index contributed by atoms with van der Waals surface area (Å²) in [5.41, 5.74) is 1.74. The van der Waals surface area contributed by atoms with Crippen molar-refractivity contribution < 1.29 is 4.79 Å². The molecular weight excluding hydrogens is 286 g/mol. The van der Waals surface area contributed by atoms with Gasteiger partial charge in [-0.3, -0.25) is 4.79 Å². The largest absolute Gasteiger partial charge is 0.352 e. The molecule has 0 radical (unpaired) electrons. The molecule has 0 aliphatic carbocycles. The second-order valence-electron chi connectivity index (χ2n) is 3.51. The Bertz CT molecular complexity index is 368. The number of thioether (sulfide) groups is 1. The van der Waals surface area contributed by atoms with Crippen molar-refractivity contribution in [2.45, 2.75) is 13.3 Å². The molecule has 1 aromatic carbocycles. The van der Waals surface area contributed by atoms with Gasteiger partial charge in [-0.1, -0.05) is 22.0 Å². The minimum absolute atomic E-state index is 0.0138.